The molecule has 1 fully saturated rings. The predicted octanol–water partition coefficient (Wildman–Crippen LogP) is 6.44. The quantitative estimate of drug-likeness (QED) is 0.254. The van der Waals surface area contributed by atoms with Gasteiger partial charge in [-0.05, 0) is 66.3 Å². The van der Waals surface area contributed by atoms with E-state index in [-0.39, 0.29) is 17.0 Å². The van der Waals surface area contributed by atoms with Crippen LogP contribution in [0.15, 0.2) is 72.4 Å². The molecule has 5 rings (SSSR count). The lowest BCUT2D eigenvalue weighted by atomic mass is 9.72. The number of allylic oxidation sites excluding steroid dienone is 2. The zero-order valence-electron chi connectivity index (χ0n) is 22.8. The maximum absolute atomic E-state index is 13.2. The molecule has 0 heterocycles. The van der Waals surface area contributed by atoms with Crippen LogP contribution in [0.4, 0.5) is 5.69 Å². The first-order valence-corrected chi connectivity index (χ1v) is 15.9. The van der Waals surface area contributed by atoms with E-state index in [4.69, 9.17) is 17.3 Å². The third-order valence-electron chi connectivity index (χ3n) is 8.18. The van der Waals surface area contributed by atoms with E-state index in [9.17, 15) is 13.2 Å². The van der Waals surface area contributed by atoms with Crippen LogP contribution in [-0.2, 0) is 21.4 Å². The number of carbonyl (C=O) groups is 1. The van der Waals surface area contributed by atoms with Gasteiger partial charge in [-0.2, -0.15) is 0 Å². The minimum Gasteiger partial charge on any atom is -0.401 e. The van der Waals surface area contributed by atoms with Crippen LogP contribution in [0.1, 0.15) is 55.2 Å². The zero-order chi connectivity index (χ0) is 28.3. The van der Waals surface area contributed by atoms with E-state index in [1.807, 2.05) is 55.5 Å². The number of hydrogen-bond donors (Lipinski definition) is 3. The highest BCUT2D eigenvalue weighted by Gasteiger charge is 2.45. The van der Waals surface area contributed by atoms with Crippen molar-refractivity contribution in [3.8, 4) is 11.1 Å². The van der Waals surface area contributed by atoms with Gasteiger partial charge in [-0.15, -0.1) is 0 Å². The van der Waals surface area contributed by atoms with Gasteiger partial charge in [0.15, 0.2) is 5.78 Å². The van der Waals surface area contributed by atoms with Gasteiger partial charge in [0.05, 0.1) is 5.75 Å². The van der Waals surface area contributed by atoms with E-state index in [0.29, 0.717) is 35.8 Å². The molecule has 0 atom stereocenters. The van der Waals surface area contributed by atoms with Crippen molar-refractivity contribution in [1.29, 1.82) is 0 Å². The topological polar surface area (TPSA) is 101 Å². The van der Waals surface area contributed by atoms with Crippen molar-refractivity contribution in [3.05, 3.63) is 94.1 Å². The van der Waals surface area contributed by atoms with E-state index >= 15 is 0 Å². The number of nitrogens with two attached hydrogens (primary N) is 1. The van der Waals surface area contributed by atoms with Crippen molar-refractivity contribution >= 4 is 38.7 Å². The van der Waals surface area contributed by atoms with E-state index in [0.717, 1.165) is 59.2 Å². The Kier molecular flexibility index (Phi) is 8.36. The summed E-state index contributed by atoms with van der Waals surface area (Å²) in [5, 5.41) is 3.66. The predicted molar refractivity (Wildman–Crippen MR) is 163 cm³/mol. The van der Waals surface area contributed by atoms with Crippen molar-refractivity contribution < 1.29 is 13.2 Å². The smallest absolute Gasteiger partial charge is 0.233 e. The normalized spacial score (nSPS) is 17.0. The molecule has 6 nitrogen and oxygen atoms in total. The minimum absolute atomic E-state index is 0.0509. The number of hydrogen-bond acceptors (Lipinski definition) is 5. The van der Waals surface area contributed by atoms with Crippen LogP contribution in [0.5, 0.6) is 0 Å². The first-order chi connectivity index (χ1) is 19.2. The van der Waals surface area contributed by atoms with Gasteiger partial charge in [0, 0.05) is 52.5 Å². The second kappa shape index (κ2) is 11.8. The lowest BCUT2D eigenvalue weighted by Crippen LogP contribution is -2.28. The van der Waals surface area contributed by atoms with Gasteiger partial charge in [-0.1, -0.05) is 73.3 Å². The molecule has 3 aromatic rings. The molecule has 3 aromatic carbocycles. The van der Waals surface area contributed by atoms with Crippen LogP contribution in [0.25, 0.3) is 16.7 Å². The number of halogens is 1. The summed E-state index contributed by atoms with van der Waals surface area (Å²) in [5.41, 5.74) is 12.6. The Morgan fingerprint density at radius 3 is 2.45 bits per heavy atom. The molecule has 0 unspecified atom stereocenters. The Morgan fingerprint density at radius 1 is 0.950 bits per heavy atom. The summed E-state index contributed by atoms with van der Waals surface area (Å²) >= 11 is 6.79. The van der Waals surface area contributed by atoms with Gasteiger partial charge >= 0.3 is 0 Å². The molecular weight excluding hydrogens is 542 g/mol. The van der Waals surface area contributed by atoms with Gasteiger partial charge < -0.3 is 11.1 Å². The molecule has 2 aliphatic carbocycles. The van der Waals surface area contributed by atoms with Crippen molar-refractivity contribution in [1.82, 2.24) is 5.32 Å². The summed E-state index contributed by atoms with van der Waals surface area (Å²) < 4.78 is 28.2. The van der Waals surface area contributed by atoms with E-state index in [1.54, 1.807) is 18.2 Å². The van der Waals surface area contributed by atoms with Gasteiger partial charge in [-0.3, -0.25) is 9.52 Å². The fourth-order valence-corrected chi connectivity index (χ4v) is 7.34. The van der Waals surface area contributed by atoms with E-state index < -0.39 is 10.0 Å². The summed E-state index contributed by atoms with van der Waals surface area (Å²) in [6, 6.07) is 20.8. The molecule has 0 amide bonds. The molecule has 1 saturated carbocycles. The highest BCUT2D eigenvalue weighted by Crippen LogP contribution is 2.52. The Balaban J connectivity index is 1.31. The highest BCUT2D eigenvalue weighted by molar-refractivity contribution is 7.92. The molecule has 0 bridgehead atoms. The summed E-state index contributed by atoms with van der Waals surface area (Å²) in [4.78, 5) is 13.2. The molecular formula is C32H36ClN3O3S. The van der Waals surface area contributed by atoms with Crippen LogP contribution >= 0.6 is 11.6 Å². The van der Waals surface area contributed by atoms with Gasteiger partial charge in [0.2, 0.25) is 10.0 Å². The average Bonchev–Trinajstić information content (AvgIpc) is 3.16. The Labute approximate surface area is 242 Å². The second-order valence-corrected chi connectivity index (χ2v) is 13.3. The molecule has 1 spiro atoms. The van der Waals surface area contributed by atoms with E-state index in [1.165, 1.54) is 6.42 Å². The SMILES string of the molecule is Cc1cc(-c2cccc(NS(=O)(=O)CCNCc3ccccc3)c2)c(Cl)cc1C1=C(N)C2(CCCCC2)CC1=O. The van der Waals surface area contributed by atoms with Crippen LogP contribution in [0, 0.1) is 12.3 Å². The maximum Gasteiger partial charge on any atom is 0.233 e. The first kappa shape index (κ1) is 28.4. The van der Waals surface area contributed by atoms with Crippen molar-refractivity contribution in [2.75, 3.05) is 17.0 Å². The number of nitrogens with one attached hydrogen (secondary N) is 2. The molecule has 4 N–H and O–H groups in total. The number of aryl methyl sites for hydroxylation is 1. The zero-order valence-corrected chi connectivity index (χ0v) is 24.4. The Hall–Kier alpha value is -3.13. The molecule has 0 saturated heterocycles. The molecule has 40 heavy (non-hydrogen) atoms. The van der Waals surface area contributed by atoms with Crippen molar-refractivity contribution in [2.24, 2.45) is 11.1 Å². The summed E-state index contributed by atoms with van der Waals surface area (Å²) in [6.07, 6.45) is 5.80. The van der Waals surface area contributed by atoms with Crippen molar-refractivity contribution in [2.45, 2.75) is 52.0 Å². The molecule has 0 aliphatic heterocycles. The van der Waals surface area contributed by atoms with Crippen molar-refractivity contribution in [3.63, 3.8) is 0 Å². The van der Waals surface area contributed by atoms with Gasteiger partial charge in [-0.25, -0.2) is 8.42 Å². The fraction of sp³-hybridized carbons (Fsp3) is 0.344. The van der Waals surface area contributed by atoms with Crippen LogP contribution in [-0.4, -0.2) is 26.5 Å². The second-order valence-electron chi connectivity index (χ2n) is 11.0. The molecule has 210 valence electrons. The van der Waals surface area contributed by atoms with Gasteiger partial charge in [0.1, 0.15) is 0 Å². The fourth-order valence-electron chi connectivity index (χ4n) is 6.06. The average molecular weight is 578 g/mol. The van der Waals surface area contributed by atoms with Crippen LogP contribution in [0.2, 0.25) is 5.02 Å². The lowest BCUT2D eigenvalue weighted by molar-refractivity contribution is -0.114. The number of anilines is 1. The maximum atomic E-state index is 13.2. The number of benzene rings is 3. The third kappa shape index (κ3) is 6.12. The summed E-state index contributed by atoms with van der Waals surface area (Å²) in [6.45, 7) is 2.90. The third-order valence-corrected chi connectivity index (χ3v) is 9.78. The number of Topliss-reactive ketones (excluding diaryl/α,β-unsaturated/α-hetero) is 1. The highest BCUT2D eigenvalue weighted by atomic mass is 35.5. The first-order valence-electron chi connectivity index (χ1n) is 13.9. The number of rotatable bonds is 9. The van der Waals surface area contributed by atoms with Crippen LogP contribution in [0.3, 0.4) is 0 Å². The number of ketones is 1. The molecule has 0 aromatic heterocycles. The largest absolute Gasteiger partial charge is 0.401 e. The Morgan fingerprint density at radius 2 is 1.70 bits per heavy atom. The summed E-state index contributed by atoms with van der Waals surface area (Å²) in [5.74, 6) is 0.0472. The van der Waals surface area contributed by atoms with E-state index in [2.05, 4.69) is 10.0 Å². The number of carbonyl (C=O) groups excluding carboxylic acids is 1. The molecule has 2 aliphatic rings. The summed E-state index contributed by atoms with van der Waals surface area (Å²) in [7, 11) is -3.55. The molecule has 8 heteroatoms. The van der Waals surface area contributed by atoms with Gasteiger partial charge in [0.25, 0.3) is 0 Å². The monoisotopic (exact) mass is 577 g/mol. The minimum atomic E-state index is -3.55. The number of sulfonamides is 1. The molecule has 0 radical (unpaired) electrons. The lowest BCUT2D eigenvalue weighted by Gasteiger charge is -2.33. The standard InChI is InChI=1S/C32H36ClN3O3S/c1-22-17-27(28(33)19-26(22)30-29(37)20-32(31(30)34)13-6-3-7-14-32)24-11-8-12-25(18-24)36-40(38,39)16-15-35-21-23-9-4-2-5-10-23/h2,4-5,8-12,17-19,35-36H,3,6-7,13-16,20-21,34H2,1H3. The van der Waals surface area contributed by atoms with Crippen LogP contribution < -0.4 is 15.8 Å². The Bertz CT molecular complexity index is 1540.